The highest BCUT2D eigenvalue weighted by molar-refractivity contribution is 5.81. The summed E-state index contributed by atoms with van der Waals surface area (Å²) in [6.45, 7) is 1.79. The van der Waals surface area contributed by atoms with Gasteiger partial charge in [-0.25, -0.2) is 0 Å². The van der Waals surface area contributed by atoms with Crippen LogP contribution in [-0.2, 0) is 13.0 Å². The summed E-state index contributed by atoms with van der Waals surface area (Å²) in [4.78, 5) is 8.59. The van der Waals surface area contributed by atoms with E-state index >= 15 is 0 Å². The van der Waals surface area contributed by atoms with Gasteiger partial charge in [-0.05, 0) is 36.2 Å². The first-order chi connectivity index (χ1) is 9.93. The van der Waals surface area contributed by atoms with Gasteiger partial charge in [0.15, 0.2) is 0 Å². The summed E-state index contributed by atoms with van der Waals surface area (Å²) in [7, 11) is 0. The first-order valence-corrected chi connectivity index (χ1v) is 6.86. The van der Waals surface area contributed by atoms with Crippen LogP contribution in [0.4, 0.5) is 0 Å². The van der Waals surface area contributed by atoms with Gasteiger partial charge >= 0.3 is 0 Å². The molecule has 0 radical (unpaired) electrons. The Bertz CT molecular complexity index is 675. The summed E-state index contributed by atoms with van der Waals surface area (Å²) in [5.41, 5.74) is 3.61. The average molecular weight is 263 g/mol. The minimum Gasteiger partial charge on any atom is -0.312 e. The summed E-state index contributed by atoms with van der Waals surface area (Å²) < 4.78 is 0. The lowest BCUT2D eigenvalue weighted by Crippen LogP contribution is -2.16. The van der Waals surface area contributed by atoms with E-state index in [4.69, 9.17) is 0 Å². The van der Waals surface area contributed by atoms with Crippen LogP contribution in [0.25, 0.3) is 10.9 Å². The number of pyridine rings is 2. The SMILES string of the molecule is c1cncc(CNCCc2cccc3cccnc23)c1. The lowest BCUT2D eigenvalue weighted by Gasteiger charge is -2.07. The van der Waals surface area contributed by atoms with Crippen LogP contribution in [0.1, 0.15) is 11.1 Å². The fourth-order valence-electron chi connectivity index (χ4n) is 2.33. The van der Waals surface area contributed by atoms with E-state index in [9.17, 15) is 0 Å². The number of nitrogens with one attached hydrogen (secondary N) is 1. The third kappa shape index (κ3) is 3.00. The van der Waals surface area contributed by atoms with E-state index in [1.807, 2.05) is 24.5 Å². The van der Waals surface area contributed by atoms with E-state index in [0.29, 0.717) is 0 Å². The van der Waals surface area contributed by atoms with Crippen LogP contribution in [0.3, 0.4) is 0 Å². The number of benzene rings is 1. The Morgan fingerprint density at radius 1 is 0.950 bits per heavy atom. The molecule has 0 aliphatic carbocycles. The number of fused-ring (bicyclic) bond motifs is 1. The highest BCUT2D eigenvalue weighted by Crippen LogP contribution is 2.15. The van der Waals surface area contributed by atoms with Crippen molar-refractivity contribution in [2.45, 2.75) is 13.0 Å². The zero-order chi connectivity index (χ0) is 13.6. The Morgan fingerprint density at radius 3 is 2.75 bits per heavy atom. The van der Waals surface area contributed by atoms with E-state index in [-0.39, 0.29) is 0 Å². The molecule has 3 rings (SSSR count). The van der Waals surface area contributed by atoms with Crippen LogP contribution in [0.15, 0.2) is 61.1 Å². The van der Waals surface area contributed by atoms with Crippen molar-refractivity contribution < 1.29 is 0 Å². The second-order valence-electron chi connectivity index (χ2n) is 4.78. The van der Waals surface area contributed by atoms with Crippen molar-refractivity contribution in [2.75, 3.05) is 6.54 Å². The van der Waals surface area contributed by atoms with Gasteiger partial charge < -0.3 is 5.32 Å². The molecule has 0 aliphatic heterocycles. The van der Waals surface area contributed by atoms with Crippen LogP contribution >= 0.6 is 0 Å². The summed E-state index contributed by atoms with van der Waals surface area (Å²) in [6.07, 6.45) is 6.53. The molecule has 2 heterocycles. The van der Waals surface area contributed by atoms with E-state index in [1.165, 1.54) is 16.5 Å². The summed E-state index contributed by atoms with van der Waals surface area (Å²) in [5, 5.41) is 4.65. The second-order valence-corrected chi connectivity index (χ2v) is 4.78. The number of hydrogen-bond acceptors (Lipinski definition) is 3. The summed E-state index contributed by atoms with van der Waals surface area (Å²) in [5.74, 6) is 0. The molecule has 0 unspecified atom stereocenters. The van der Waals surface area contributed by atoms with Crippen molar-refractivity contribution in [3.8, 4) is 0 Å². The molecule has 0 fully saturated rings. The van der Waals surface area contributed by atoms with Crippen molar-refractivity contribution in [2.24, 2.45) is 0 Å². The molecule has 0 spiro atoms. The summed E-state index contributed by atoms with van der Waals surface area (Å²) in [6, 6.07) is 14.5. The van der Waals surface area contributed by atoms with Gasteiger partial charge in [-0.1, -0.05) is 30.3 Å². The zero-order valence-corrected chi connectivity index (χ0v) is 11.3. The lowest BCUT2D eigenvalue weighted by molar-refractivity contribution is 0.686. The number of rotatable bonds is 5. The van der Waals surface area contributed by atoms with Crippen LogP contribution < -0.4 is 5.32 Å². The Hall–Kier alpha value is -2.26. The fraction of sp³-hybridized carbons (Fsp3) is 0.176. The van der Waals surface area contributed by atoms with Crippen LogP contribution in [0.2, 0.25) is 0 Å². The van der Waals surface area contributed by atoms with Crippen molar-refractivity contribution >= 4 is 10.9 Å². The highest BCUT2D eigenvalue weighted by atomic mass is 14.8. The predicted octanol–water partition coefficient (Wildman–Crippen LogP) is 2.96. The van der Waals surface area contributed by atoms with E-state index in [2.05, 4.69) is 45.6 Å². The molecule has 0 atom stereocenters. The maximum atomic E-state index is 4.48. The standard InChI is InChI=1S/C17H17N3/c1-5-15-7-3-10-20-17(15)16(6-1)8-11-19-13-14-4-2-9-18-12-14/h1-7,9-10,12,19H,8,11,13H2. The maximum absolute atomic E-state index is 4.48. The van der Waals surface area contributed by atoms with E-state index in [1.54, 1.807) is 6.20 Å². The molecule has 100 valence electrons. The average Bonchev–Trinajstić information content (AvgIpc) is 2.53. The first kappa shape index (κ1) is 12.8. The Balaban J connectivity index is 1.60. The Morgan fingerprint density at radius 2 is 1.85 bits per heavy atom. The smallest absolute Gasteiger partial charge is 0.0734 e. The van der Waals surface area contributed by atoms with Crippen molar-refractivity contribution in [1.29, 1.82) is 0 Å². The molecule has 0 amide bonds. The molecule has 0 saturated carbocycles. The van der Waals surface area contributed by atoms with E-state index < -0.39 is 0 Å². The minimum absolute atomic E-state index is 0.853. The van der Waals surface area contributed by atoms with E-state index in [0.717, 1.165) is 25.0 Å². The van der Waals surface area contributed by atoms with Crippen LogP contribution in [0.5, 0.6) is 0 Å². The van der Waals surface area contributed by atoms with Crippen molar-refractivity contribution in [1.82, 2.24) is 15.3 Å². The van der Waals surface area contributed by atoms with Crippen LogP contribution in [0, 0.1) is 0 Å². The molecule has 1 N–H and O–H groups in total. The highest BCUT2D eigenvalue weighted by Gasteiger charge is 2.01. The van der Waals surface area contributed by atoms with Gasteiger partial charge in [0.05, 0.1) is 5.52 Å². The Labute approximate surface area is 118 Å². The Kier molecular flexibility index (Phi) is 3.99. The maximum Gasteiger partial charge on any atom is 0.0734 e. The quantitative estimate of drug-likeness (QED) is 0.719. The zero-order valence-electron chi connectivity index (χ0n) is 11.3. The topological polar surface area (TPSA) is 37.8 Å². The molecule has 3 nitrogen and oxygen atoms in total. The third-order valence-electron chi connectivity index (χ3n) is 3.34. The first-order valence-electron chi connectivity index (χ1n) is 6.86. The number of hydrogen-bond donors (Lipinski definition) is 1. The van der Waals surface area contributed by atoms with Crippen LogP contribution in [-0.4, -0.2) is 16.5 Å². The van der Waals surface area contributed by atoms with Gasteiger partial charge in [0.25, 0.3) is 0 Å². The molecule has 3 heteroatoms. The minimum atomic E-state index is 0.853. The largest absolute Gasteiger partial charge is 0.312 e. The van der Waals surface area contributed by atoms with Gasteiger partial charge in [-0.3, -0.25) is 9.97 Å². The molecular formula is C17H17N3. The molecule has 0 bridgehead atoms. The van der Waals surface area contributed by atoms with Gasteiger partial charge in [0.1, 0.15) is 0 Å². The van der Waals surface area contributed by atoms with Gasteiger partial charge in [0.2, 0.25) is 0 Å². The lowest BCUT2D eigenvalue weighted by atomic mass is 10.1. The predicted molar refractivity (Wildman–Crippen MR) is 81.4 cm³/mol. The number of para-hydroxylation sites is 1. The van der Waals surface area contributed by atoms with Gasteiger partial charge in [0, 0.05) is 30.5 Å². The third-order valence-corrected chi connectivity index (χ3v) is 3.34. The molecule has 0 aliphatic rings. The van der Waals surface area contributed by atoms with Gasteiger partial charge in [-0.15, -0.1) is 0 Å². The summed E-state index contributed by atoms with van der Waals surface area (Å²) >= 11 is 0. The molecule has 2 aromatic heterocycles. The molecule has 20 heavy (non-hydrogen) atoms. The monoisotopic (exact) mass is 263 g/mol. The molecule has 0 saturated heterocycles. The molecule has 1 aromatic carbocycles. The number of aromatic nitrogens is 2. The van der Waals surface area contributed by atoms with Crippen molar-refractivity contribution in [3.05, 3.63) is 72.2 Å². The van der Waals surface area contributed by atoms with Crippen molar-refractivity contribution in [3.63, 3.8) is 0 Å². The molecule has 3 aromatic rings. The normalized spacial score (nSPS) is 10.8. The fourth-order valence-corrected chi connectivity index (χ4v) is 2.33. The molecular weight excluding hydrogens is 246 g/mol. The number of nitrogens with zero attached hydrogens (tertiary/aromatic N) is 2. The van der Waals surface area contributed by atoms with Gasteiger partial charge in [-0.2, -0.15) is 0 Å². The second kappa shape index (κ2) is 6.26.